The van der Waals surface area contributed by atoms with Gasteiger partial charge < -0.3 is 75.8 Å². The number of aliphatic hydroxyl groups excluding tert-OH is 2. The summed E-state index contributed by atoms with van der Waals surface area (Å²) in [5.41, 5.74) is 0. The normalized spacial score (nSPS) is 28.3. The highest BCUT2D eigenvalue weighted by Crippen LogP contribution is 2.34. The van der Waals surface area contributed by atoms with E-state index in [1.807, 2.05) is 48.5 Å². The molecular weight excluding hydrogens is 1360 g/mol. The minimum absolute atomic E-state index is 0.0110. The third-order valence-corrected chi connectivity index (χ3v) is 21.5. The van der Waals surface area contributed by atoms with Crippen molar-refractivity contribution in [3.05, 3.63) is 0 Å². The molecule has 0 bridgehead atoms. The van der Waals surface area contributed by atoms with Crippen LogP contribution in [0.1, 0.15) is 218 Å². The molecule has 0 spiro atoms. The molecule has 4 rings (SSSR count). The predicted molar refractivity (Wildman–Crippen MR) is 399 cm³/mol. The van der Waals surface area contributed by atoms with E-state index in [0.29, 0.717) is 51.6 Å². The lowest BCUT2D eigenvalue weighted by Gasteiger charge is -2.39. The number of carbonyl (C=O) groups excluding carboxylic acids is 12. The van der Waals surface area contributed by atoms with Crippen LogP contribution in [-0.4, -0.2) is 268 Å². The van der Waals surface area contributed by atoms with Crippen molar-refractivity contribution in [3.8, 4) is 0 Å². The van der Waals surface area contributed by atoms with E-state index < -0.39 is 175 Å². The number of alkyl halides is 1. The highest BCUT2D eigenvalue weighted by atomic mass is 35.5. The lowest BCUT2D eigenvalue weighted by atomic mass is 9.83. The fourth-order valence-corrected chi connectivity index (χ4v) is 15.4. The Morgan fingerprint density at radius 2 is 1.04 bits per heavy atom. The number of amides is 12. The molecule has 2 saturated carbocycles. The molecule has 2 saturated heterocycles. The van der Waals surface area contributed by atoms with Crippen LogP contribution in [0.3, 0.4) is 0 Å². The van der Waals surface area contributed by atoms with Gasteiger partial charge >= 0.3 is 0 Å². The standard InChI is InChI=1S/C76H133ClN12O15/c1-19-20-32-89-42-63(93)83(14)58(36-46(4)5)67(94)80-57(44-104-43-50(12)90)72(99)86(17)61(40-53-30-27-31-54(77)38-53)74(101)87(18)66(49(10)11)70(97)79-56(73(100)88-33-25-22-26-34-88)41-62(92)81-64(48(8)9)75(102)85(16)60(39-52-28-23-21-24-29-52)68(95)78-55(35-45(2)3)71(98)84(15)59(37-47(6)7)69(96)82-65(51(13)91)76(89)103/h45-61,64-66,90-91H,19-44H2,1-18H3,(H,78,95)(H,79,97)(H,80,94)(H,81,92)(H,82,96)/t50-,51-,53?,54?,55+,56+,57+,58+,59+,60+,61+,64-,65+,66+/m1/s1. The van der Waals surface area contributed by atoms with E-state index in [-0.39, 0.29) is 80.2 Å². The minimum Gasteiger partial charge on any atom is -0.391 e. The highest BCUT2D eigenvalue weighted by Gasteiger charge is 2.45. The number of hydrogen-bond acceptors (Lipinski definition) is 15. The van der Waals surface area contributed by atoms with Crippen molar-refractivity contribution in [2.24, 2.45) is 41.4 Å². The molecule has 2 aliphatic heterocycles. The second kappa shape index (κ2) is 43.6. The van der Waals surface area contributed by atoms with E-state index in [9.17, 15) is 29.4 Å². The van der Waals surface area contributed by atoms with Gasteiger partial charge in [0.15, 0.2) is 0 Å². The molecule has 0 aromatic rings. The van der Waals surface area contributed by atoms with Gasteiger partial charge in [-0.2, -0.15) is 0 Å². The molecule has 27 nitrogen and oxygen atoms in total. The lowest BCUT2D eigenvalue weighted by Crippen LogP contribution is -2.62. The zero-order chi connectivity index (χ0) is 78.1. The Morgan fingerprint density at radius 1 is 0.519 bits per heavy atom. The van der Waals surface area contributed by atoms with E-state index in [1.54, 1.807) is 32.6 Å². The summed E-state index contributed by atoms with van der Waals surface area (Å²) >= 11 is 6.79. The third-order valence-electron chi connectivity index (χ3n) is 21.1. The van der Waals surface area contributed by atoms with Crippen LogP contribution in [0.2, 0.25) is 0 Å². The second-order valence-electron chi connectivity index (χ2n) is 32.3. The number of halogens is 1. The van der Waals surface area contributed by atoms with Crippen molar-refractivity contribution < 1.29 is 72.5 Å². The van der Waals surface area contributed by atoms with Crippen LogP contribution in [0.4, 0.5) is 0 Å². The number of nitrogens with zero attached hydrogens (tertiary/aromatic N) is 7. The largest absolute Gasteiger partial charge is 0.391 e. The van der Waals surface area contributed by atoms with Gasteiger partial charge in [0, 0.05) is 60.2 Å². The SMILES string of the molecule is CCCCN1CC(=O)N(C)[C@@H](CC(C)C)C(=O)N[C@@H](COC[C@@H](C)O)C(=O)N(C)[C@@H](CC2CCCC(Cl)C2)C(=O)N(C)[C@@H](C(C)C)C(=O)N[C@H](C(=O)N2CCCCC2)CC(=O)N[C@H](C(C)C)C(=O)N(C)[C@@H](CC2CCCCC2)C(=O)N[C@@H](CC(C)C)C(=O)N(C)[C@@H](CC(C)C)C(=O)N[C@@H]([C@@H](C)O)C1=O. The van der Waals surface area contributed by atoms with E-state index in [1.165, 1.54) is 78.5 Å². The van der Waals surface area contributed by atoms with E-state index in [4.69, 9.17) is 16.3 Å². The van der Waals surface area contributed by atoms with Gasteiger partial charge in [0.05, 0.1) is 38.4 Å². The topological polar surface area (TPSA) is 337 Å². The summed E-state index contributed by atoms with van der Waals surface area (Å²) in [5, 5.41) is 35.9. The number of likely N-dealkylation sites (tertiary alicyclic amines) is 1. The fourth-order valence-electron chi connectivity index (χ4n) is 15.0. The number of aliphatic hydroxyl groups is 2. The van der Waals surface area contributed by atoms with E-state index in [0.717, 1.165) is 51.4 Å². The van der Waals surface area contributed by atoms with Crippen molar-refractivity contribution in [2.45, 2.75) is 296 Å². The molecule has 0 aromatic heterocycles. The maximum absolute atomic E-state index is 15.7. The van der Waals surface area contributed by atoms with Crippen LogP contribution < -0.4 is 26.6 Å². The molecular formula is C76H133ClN12O15. The molecule has 7 N–H and O–H groups in total. The summed E-state index contributed by atoms with van der Waals surface area (Å²) < 4.78 is 5.88. The van der Waals surface area contributed by atoms with Crippen molar-refractivity contribution in [1.82, 2.24) is 60.9 Å². The maximum atomic E-state index is 15.7. The van der Waals surface area contributed by atoms with Gasteiger partial charge in [-0.25, -0.2) is 0 Å². The van der Waals surface area contributed by atoms with Gasteiger partial charge in [-0.1, -0.05) is 128 Å². The van der Waals surface area contributed by atoms with E-state index >= 15 is 38.4 Å². The summed E-state index contributed by atoms with van der Waals surface area (Å²) in [6.45, 7) is 22.0. The van der Waals surface area contributed by atoms with Crippen LogP contribution in [0, 0.1) is 41.4 Å². The summed E-state index contributed by atoms with van der Waals surface area (Å²) in [6.07, 6.45) is 7.53. The number of unbranched alkanes of at least 4 members (excludes halogenated alkanes) is 1. The van der Waals surface area contributed by atoms with Gasteiger partial charge in [0.2, 0.25) is 70.9 Å². The molecule has 2 unspecified atom stereocenters. The molecule has 2 heterocycles. The summed E-state index contributed by atoms with van der Waals surface area (Å²) in [4.78, 5) is 191. The molecule has 12 amide bonds. The van der Waals surface area contributed by atoms with Crippen LogP contribution in [0.5, 0.6) is 0 Å². The second-order valence-corrected chi connectivity index (χ2v) is 33.0. The van der Waals surface area contributed by atoms with E-state index in [2.05, 4.69) is 26.6 Å². The zero-order valence-corrected chi connectivity index (χ0v) is 66.9. The number of piperidine rings is 1. The van der Waals surface area contributed by atoms with Gasteiger partial charge in [-0.3, -0.25) is 57.5 Å². The van der Waals surface area contributed by atoms with Crippen LogP contribution in [-0.2, 0) is 62.3 Å². The maximum Gasteiger partial charge on any atom is 0.248 e. The average Bonchev–Trinajstić information content (AvgIpc) is 0.812. The Balaban J connectivity index is 2.01. The van der Waals surface area contributed by atoms with Gasteiger partial charge in [-0.05, 0) is 126 Å². The summed E-state index contributed by atoms with van der Waals surface area (Å²) in [5.74, 6) is -10.6. The zero-order valence-electron chi connectivity index (χ0n) is 66.1. The molecule has 4 aliphatic rings. The average molecular weight is 1490 g/mol. The van der Waals surface area contributed by atoms with Gasteiger partial charge in [0.25, 0.3) is 0 Å². The van der Waals surface area contributed by atoms with Crippen molar-refractivity contribution in [2.75, 3.05) is 74.6 Å². The quantitative estimate of drug-likeness (QED) is 0.0746. The number of hydrogen-bond donors (Lipinski definition) is 7. The number of carbonyl (C=O) groups is 12. The van der Waals surface area contributed by atoms with Crippen LogP contribution in [0.25, 0.3) is 0 Å². The Bertz CT molecular complexity index is 2830. The van der Waals surface area contributed by atoms with Crippen molar-refractivity contribution in [3.63, 3.8) is 0 Å². The molecule has 594 valence electrons. The first-order chi connectivity index (χ1) is 48.8. The number of likely N-dealkylation sites (N-methyl/N-ethyl adjacent to an activating group) is 5. The van der Waals surface area contributed by atoms with Crippen molar-refractivity contribution in [1.29, 1.82) is 0 Å². The van der Waals surface area contributed by atoms with Crippen LogP contribution in [0.15, 0.2) is 0 Å². The molecule has 0 radical (unpaired) electrons. The van der Waals surface area contributed by atoms with Crippen LogP contribution >= 0.6 is 11.6 Å². The van der Waals surface area contributed by atoms with Crippen molar-refractivity contribution >= 4 is 82.5 Å². The Labute approximate surface area is 625 Å². The molecule has 2 aliphatic carbocycles. The molecule has 4 fully saturated rings. The molecule has 28 heteroatoms. The Morgan fingerprint density at radius 3 is 1.59 bits per heavy atom. The summed E-state index contributed by atoms with van der Waals surface area (Å²) in [6, 6.07) is -13.5. The van der Waals surface area contributed by atoms with Gasteiger partial charge in [0.1, 0.15) is 60.4 Å². The molecule has 0 aromatic carbocycles. The summed E-state index contributed by atoms with van der Waals surface area (Å²) in [7, 11) is 7.15. The molecule has 14 atom stereocenters. The first-order valence-corrected chi connectivity index (χ1v) is 39.2. The number of nitrogens with one attached hydrogen (secondary N) is 5. The minimum atomic E-state index is -1.65. The highest BCUT2D eigenvalue weighted by molar-refractivity contribution is 6.20. The monoisotopic (exact) mass is 1490 g/mol. The third kappa shape index (κ3) is 27.2. The molecule has 104 heavy (non-hydrogen) atoms. The predicted octanol–water partition coefficient (Wildman–Crippen LogP) is 4.98. The Hall–Kier alpha value is -6.19. The lowest BCUT2D eigenvalue weighted by molar-refractivity contribution is -0.152. The fraction of sp³-hybridized carbons (Fsp3) is 0.842. The van der Waals surface area contributed by atoms with Gasteiger partial charge in [-0.15, -0.1) is 11.6 Å². The smallest absolute Gasteiger partial charge is 0.248 e. The Kier molecular flexibility index (Phi) is 37.8. The first-order valence-electron chi connectivity index (χ1n) is 38.8. The number of ether oxygens (including phenoxy) is 1. The number of rotatable bonds is 21. The first kappa shape index (κ1) is 90.2.